The fourth-order valence-electron chi connectivity index (χ4n) is 1.40. The molecule has 0 amide bonds. The van der Waals surface area contributed by atoms with Gasteiger partial charge in [0, 0.05) is 0 Å². The van der Waals surface area contributed by atoms with Gasteiger partial charge in [0.25, 0.3) is 0 Å². The van der Waals surface area contributed by atoms with Crippen molar-refractivity contribution in [3.63, 3.8) is 0 Å². The first kappa shape index (κ1) is 6.85. The summed E-state index contributed by atoms with van der Waals surface area (Å²) in [6, 6.07) is 7.59. The first-order valence-corrected chi connectivity index (χ1v) is 4.62. The molecule has 0 radical (unpaired) electrons. The monoisotopic (exact) mass is 191 g/mol. The Balaban J connectivity index is 2.75. The Morgan fingerprint density at radius 1 is 1.38 bits per heavy atom. The van der Waals surface area contributed by atoms with E-state index in [1.807, 2.05) is 24.3 Å². The molecule has 0 saturated heterocycles. The molecular formula is C8H5N3OS. The van der Waals surface area contributed by atoms with Gasteiger partial charge in [-0.1, -0.05) is 12.1 Å². The molecule has 3 rings (SSSR count). The van der Waals surface area contributed by atoms with Crippen LogP contribution in [0.5, 0.6) is 0 Å². The van der Waals surface area contributed by atoms with Gasteiger partial charge in [0.15, 0.2) is 0 Å². The van der Waals surface area contributed by atoms with Crippen LogP contribution in [-0.2, 0) is 0 Å². The average molecular weight is 191 g/mol. The highest BCUT2D eigenvalue weighted by atomic mass is 32.1. The van der Waals surface area contributed by atoms with E-state index in [9.17, 15) is 4.79 Å². The number of nitrogens with zero attached hydrogens (tertiary/aromatic N) is 2. The van der Waals surface area contributed by atoms with Crippen molar-refractivity contribution >= 4 is 27.5 Å². The molecule has 2 aromatic heterocycles. The second-order valence-corrected chi connectivity index (χ2v) is 3.50. The van der Waals surface area contributed by atoms with Crippen molar-refractivity contribution in [3.05, 3.63) is 34.7 Å². The van der Waals surface area contributed by atoms with Gasteiger partial charge in [-0.3, -0.25) is 4.37 Å². The molecule has 1 aromatic carbocycles. The third-order valence-electron chi connectivity index (χ3n) is 1.96. The quantitative estimate of drug-likeness (QED) is 0.581. The summed E-state index contributed by atoms with van der Waals surface area (Å²) in [5, 5.41) is 0. The first-order chi connectivity index (χ1) is 6.36. The van der Waals surface area contributed by atoms with E-state index < -0.39 is 0 Å². The molecular weight excluding hydrogens is 186 g/mol. The summed E-state index contributed by atoms with van der Waals surface area (Å²) in [5.41, 5.74) is 1.61. The minimum atomic E-state index is -0.117. The molecule has 0 bridgehead atoms. The topological polar surface area (TPSA) is 50.2 Å². The number of hydrogen-bond donors (Lipinski definition) is 1. The Labute approximate surface area is 76.6 Å². The molecule has 3 aromatic rings. The van der Waals surface area contributed by atoms with E-state index in [0.29, 0.717) is 4.96 Å². The zero-order valence-corrected chi connectivity index (χ0v) is 7.34. The fourth-order valence-corrected chi connectivity index (χ4v) is 2.09. The van der Waals surface area contributed by atoms with Crippen LogP contribution in [0.4, 0.5) is 0 Å². The van der Waals surface area contributed by atoms with Crippen molar-refractivity contribution in [2.45, 2.75) is 0 Å². The van der Waals surface area contributed by atoms with Crippen LogP contribution in [0.15, 0.2) is 29.1 Å². The smallest absolute Gasteiger partial charge is 0.259 e. The maximum Gasteiger partial charge on any atom is 0.341 e. The number of benzene rings is 1. The maximum atomic E-state index is 11.3. The number of fused-ring (bicyclic) bond motifs is 3. The van der Waals surface area contributed by atoms with E-state index >= 15 is 0 Å². The van der Waals surface area contributed by atoms with Gasteiger partial charge in [-0.15, -0.1) is 0 Å². The highest BCUT2D eigenvalue weighted by Gasteiger charge is 2.06. The normalized spacial score (nSPS) is 11.4. The van der Waals surface area contributed by atoms with Crippen molar-refractivity contribution in [2.75, 3.05) is 0 Å². The van der Waals surface area contributed by atoms with Gasteiger partial charge >= 0.3 is 5.69 Å². The van der Waals surface area contributed by atoms with Gasteiger partial charge in [-0.25, -0.2) is 14.2 Å². The minimum absolute atomic E-state index is 0.117. The second kappa shape index (κ2) is 2.20. The Bertz CT molecular complexity index is 633. The minimum Gasteiger partial charge on any atom is -0.259 e. The van der Waals surface area contributed by atoms with Crippen molar-refractivity contribution in [3.8, 4) is 0 Å². The van der Waals surface area contributed by atoms with Crippen LogP contribution in [0.2, 0.25) is 0 Å². The predicted octanol–water partition coefficient (Wildman–Crippen LogP) is 1.24. The molecule has 0 aliphatic rings. The molecule has 0 saturated carbocycles. The largest absolute Gasteiger partial charge is 0.341 e. The number of aromatic nitrogens is 3. The van der Waals surface area contributed by atoms with Crippen LogP contribution in [-0.4, -0.2) is 13.8 Å². The van der Waals surface area contributed by atoms with E-state index in [1.54, 1.807) is 4.40 Å². The van der Waals surface area contributed by atoms with E-state index in [2.05, 4.69) is 9.36 Å². The van der Waals surface area contributed by atoms with Crippen molar-refractivity contribution in [1.82, 2.24) is 13.8 Å². The van der Waals surface area contributed by atoms with Crippen molar-refractivity contribution < 1.29 is 0 Å². The molecule has 0 unspecified atom stereocenters. The second-order valence-electron chi connectivity index (χ2n) is 2.73. The average Bonchev–Trinajstić information content (AvgIpc) is 2.66. The molecule has 13 heavy (non-hydrogen) atoms. The number of nitrogens with one attached hydrogen (secondary N) is 1. The Kier molecular flexibility index (Phi) is 1.16. The van der Waals surface area contributed by atoms with Crippen LogP contribution in [0, 0.1) is 0 Å². The van der Waals surface area contributed by atoms with E-state index in [4.69, 9.17) is 0 Å². The van der Waals surface area contributed by atoms with E-state index in [1.165, 1.54) is 11.5 Å². The first-order valence-electron chi connectivity index (χ1n) is 3.81. The molecule has 0 aliphatic carbocycles. The molecule has 1 N–H and O–H groups in total. The molecule has 0 atom stereocenters. The third-order valence-corrected chi connectivity index (χ3v) is 2.70. The number of hydrogen-bond acceptors (Lipinski definition) is 3. The van der Waals surface area contributed by atoms with Crippen molar-refractivity contribution in [2.24, 2.45) is 0 Å². The van der Waals surface area contributed by atoms with Crippen molar-refractivity contribution in [1.29, 1.82) is 0 Å². The van der Waals surface area contributed by atoms with Gasteiger partial charge in [0.2, 0.25) is 4.96 Å². The van der Waals surface area contributed by atoms with Crippen LogP contribution >= 0.6 is 11.5 Å². The predicted molar refractivity (Wildman–Crippen MR) is 51.2 cm³/mol. The van der Waals surface area contributed by atoms with Gasteiger partial charge < -0.3 is 0 Å². The number of imidazole rings is 1. The molecule has 0 aliphatic heterocycles. The number of rotatable bonds is 0. The van der Waals surface area contributed by atoms with Gasteiger partial charge in [-0.05, 0) is 23.7 Å². The Morgan fingerprint density at radius 3 is 3.15 bits per heavy atom. The zero-order valence-electron chi connectivity index (χ0n) is 6.52. The number of para-hydroxylation sites is 2. The van der Waals surface area contributed by atoms with E-state index in [-0.39, 0.29) is 5.69 Å². The van der Waals surface area contributed by atoms with Gasteiger partial charge in [-0.2, -0.15) is 0 Å². The standard InChI is InChI=1S/C8H5N3OS/c12-7-10-13-8-9-5-3-1-2-4-6(5)11(7)8/h1-4H,(H,10,12). The molecule has 2 heterocycles. The zero-order chi connectivity index (χ0) is 8.84. The lowest BCUT2D eigenvalue weighted by atomic mass is 10.3. The van der Waals surface area contributed by atoms with E-state index in [0.717, 1.165) is 11.0 Å². The van der Waals surface area contributed by atoms with Gasteiger partial charge in [0.1, 0.15) is 0 Å². The van der Waals surface area contributed by atoms with Crippen LogP contribution in [0.3, 0.4) is 0 Å². The number of aromatic amines is 1. The molecule has 0 fully saturated rings. The number of H-pyrrole nitrogens is 1. The summed E-state index contributed by atoms with van der Waals surface area (Å²) in [7, 11) is 0. The summed E-state index contributed by atoms with van der Waals surface area (Å²) in [6.45, 7) is 0. The highest BCUT2D eigenvalue weighted by molar-refractivity contribution is 7.11. The summed E-state index contributed by atoms with van der Waals surface area (Å²) in [4.78, 5) is 16.3. The summed E-state index contributed by atoms with van der Waals surface area (Å²) in [6.07, 6.45) is 0. The molecule has 64 valence electrons. The summed E-state index contributed by atoms with van der Waals surface area (Å²) in [5.74, 6) is 0. The van der Waals surface area contributed by atoms with Crippen LogP contribution in [0.1, 0.15) is 0 Å². The highest BCUT2D eigenvalue weighted by Crippen LogP contribution is 2.15. The lowest BCUT2D eigenvalue weighted by Gasteiger charge is -1.85. The molecule has 0 spiro atoms. The van der Waals surface area contributed by atoms with Gasteiger partial charge in [0.05, 0.1) is 11.0 Å². The Hall–Kier alpha value is -1.62. The fraction of sp³-hybridized carbons (Fsp3) is 0. The summed E-state index contributed by atoms with van der Waals surface area (Å²) < 4.78 is 4.22. The van der Waals surface area contributed by atoms with Crippen LogP contribution < -0.4 is 5.69 Å². The lowest BCUT2D eigenvalue weighted by molar-refractivity contribution is 1.12. The maximum absolute atomic E-state index is 11.3. The lowest BCUT2D eigenvalue weighted by Crippen LogP contribution is -2.07. The van der Waals surface area contributed by atoms with Crippen LogP contribution in [0.25, 0.3) is 16.0 Å². The molecule has 5 heteroatoms. The SMILES string of the molecule is O=c1[nH]sc2nc3ccccc3n12. The Morgan fingerprint density at radius 2 is 2.23 bits per heavy atom. The molecule has 4 nitrogen and oxygen atoms in total. The summed E-state index contributed by atoms with van der Waals surface area (Å²) >= 11 is 1.25. The third kappa shape index (κ3) is 0.790.